The van der Waals surface area contributed by atoms with Crippen LogP contribution in [0, 0.1) is 11.6 Å². The van der Waals surface area contributed by atoms with Crippen molar-refractivity contribution in [2.24, 2.45) is 0 Å². The lowest BCUT2D eigenvalue weighted by Gasteiger charge is -2.16. The summed E-state index contributed by atoms with van der Waals surface area (Å²) in [4.78, 5) is 40.0. The van der Waals surface area contributed by atoms with E-state index in [-0.39, 0.29) is 30.4 Å². The van der Waals surface area contributed by atoms with Gasteiger partial charge in [-0.05, 0) is 31.0 Å². The molecule has 1 unspecified atom stereocenters. The van der Waals surface area contributed by atoms with Crippen LogP contribution in [-0.4, -0.2) is 35.4 Å². The van der Waals surface area contributed by atoms with E-state index in [2.05, 4.69) is 15.6 Å². The summed E-state index contributed by atoms with van der Waals surface area (Å²) in [5.74, 6) is -3.67. The Morgan fingerprint density at radius 3 is 2.48 bits per heavy atom. The van der Waals surface area contributed by atoms with Crippen molar-refractivity contribution in [2.45, 2.75) is 39.2 Å². The third-order valence-corrected chi connectivity index (χ3v) is 3.73. The highest BCUT2D eigenvalue weighted by Crippen LogP contribution is 2.12. The van der Waals surface area contributed by atoms with Gasteiger partial charge in [0, 0.05) is 6.07 Å². The highest BCUT2D eigenvalue weighted by Gasteiger charge is 2.23. The van der Waals surface area contributed by atoms with Gasteiger partial charge in [-0.15, -0.1) is 0 Å². The minimum Gasteiger partial charge on any atom is -0.460 e. The fourth-order valence-corrected chi connectivity index (χ4v) is 2.52. The number of esters is 1. The average Bonchev–Trinajstić information content (AvgIpc) is 3.09. The maximum atomic E-state index is 13.3. The Morgan fingerprint density at radius 2 is 1.86 bits per heavy atom. The molecule has 0 saturated heterocycles. The third kappa shape index (κ3) is 6.66. The lowest BCUT2D eigenvalue weighted by Crippen LogP contribution is -2.44. The van der Waals surface area contributed by atoms with Crippen molar-refractivity contribution in [1.29, 1.82) is 0 Å². The number of amides is 2. The Morgan fingerprint density at radius 1 is 1.17 bits per heavy atom. The molecule has 2 aromatic rings. The van der Waals surface area contributed by atoms with E-state index >= 15 is 0 Å². The van der Waals surface area contributed by atoms with E-state index in [0.29, 0.717) is 18.9 Å². The molecule has 1 heterocycles. The number of hydrogen-bond donors (Lipinski definition) is 2. The van der Waals surface area contributed by atoms with E-state index in [9.17, 15) is 23.2 Å². The largest absolute Gasteiger partial charge is 0.460 e. The van der Waals surface area contributed by atoms with Crippen LogP contribution in [0.1, 0.15) is 42.8 Å². The first-order valence-electron chi connectivity index (χ1n) is 9.00. The van der Waals surface area contributed by atoms with E-state index in [0.717, 1.165) is 18.3 Å². The summed E-state index contributed by atoms with van der Waals surface area (Å²) in [6.07, 6.45) is 1.70. The second-order valence-corrected chi connectivity index (χ2v) is 6.10. The summed E-state index contributed by atoms with van der Waals surface area (Å²) in [5, 5.41) is 4.89. The van der Waals surface area contributed by atoms with E-state index in [1.165, 1.54) is 0 Å². The van der Waals surface area contributed by atoms with Crippen molar-refractivity contribution in [1.82, 2.24) is 10.3 Å². The summed E-state index contributed by atoms with van der Waals surface area (Å²) in [5.41, 5.74) is 0.141. The van der Waals surface area contributed by atoms with Gasteiger partial charge < -0.3 is 14.5 Å². The number of oxazole rings is 1. The number of carbonyl (C=O) groups excluding carboxylic acids is 3. The molecule has 2 N–H and O–H groups in total. The van der Waals surface area contributed by atoms with Gasteiger partial charge in [0.2, 0.25) is 11.7 Å². The number of hydrogen-bond acceptors (Lipinski definition) is 6. The molecule has 0 saturated carbocycles. The Balaban J connectivity index is 1.99. The van der Waals surface area contributed by atoms with Crippen molar-refractivity contribution in [3.8, 4) is 0 Å². The minimum atomic E-state index is -0.927. The maximum Gasteiger partial charge on any atom is 0.376 e. The zero-order valence-corrected chi connectivity index (χ0v) is 16.0. The predicted octanol–water partition coefficient (Wildman–Crippen LogP) is 2.60. The van der Waals surface area contributed by atoms with Gasteiger partial charge in [0.15, 0.2) is 0 Å². The normalized spacial score (nSPS) is 11.6. The van der Waals surface area contributed by atoms with Crippen LogP contribution < -0.4 is 10.6 Å². The van der Waals surface area contributed by atoms with E-state index in [4.69, 9.17) is 9.15 Å². The monoisotopic (exact) mass is 409 g/mol. The molecular formula is C19H21F2N3O5. The van der Waals surface area contributed by atoms with Gasteiger partial charge in [0.1, 0.15) is 17.7 Å². The predicted molar refractivity (Wildman–Crippen MR) is 98.0 cm³/mol. The summed E-state index contributed by atoms with van der Waals surface area (Å²) in [6.45, 7) is 3.60. The molecule has 156 valence electrons. The standard InChI is InChI=1S/C19H21F2N3O5/c1-3-5-14(23-16(25)8-11-6-12(20)9-13(21)7-11)17(26)24-19-22-10-15(29-19)18(27)28-4-2/h6-7,9-10,14H,3-5,8H2,1-2H3,(H,23,25)(H,22,24,26). The molecule has 0 fully saturated rings. The summed E-state index contributed by atoms with van der Waals surface area (Å²) in [6, 6.07) is 1.64. The van der Waals surface area contributed by atoms with Crippen molar-refractivity contribution < 1.29 is 32.3 Å². The number of carbonyl (C=O) groups is 3. The maximum absolute atomic E-state index is 13.3. The van der Waals surface area contributed by atoms with Gasteiger partial charge in [-0.1, -0.05) is 13.3 Å². The van der Waals surface area contributed by atoms with Crippen molar-refractivity contribution in [2.75, 3.05) is 11.9 Å². The van der Waals surface area contributed by atoms with Crippen LogP contribution in [0.25, 0.3) is 0 Å². The number of benzene rings is 1. The quantitative estimate of drug-likeness (QED) is 0.616. The SMILES string of the molecule is CCCC(NC(=O)Cc1cc(F)cc(F)c1)C(=O)Nc1ncc(C(=O)OCC)o1. The minimum absolute atomic E-state index is 0.141. The molecule has 0 bridgehead atoms. The fourth-order valence-electron chi connectivity index (χ4n) is 2.52. The molecule has 1 atom stereocenters. The van der Waals surface area contributed by atoms with Gasteiger partial charge in [-0.25, -0.2) is 18.6 Å². The van der Waals surface area contributed by atoms with Gasteiger partial charge in [-0.3, -0.25) is 14.9 Å². The van der Waals surface area contributed by atoms with Crippen LogP contribution in [0.3, 0.4) is 0 Å². The zero-order valence-electron chi connectivity index (χ0n) is 16.0. The third-order valence-electron chi connectivity index (χ3n) is 3.73. The van der Waals surface area contributed by atoms with E-state index in [1.807, 2.05) is 6.92 Å². The van der Waals surface area contributed by atoms with Crippen LogP contribution in [0.5, 0.6) is 0 Å². The zero-order chi connectivity index (χ0) is 21.4. The molecule has 10 heteroatoms. The molecular weight excluding hydrogens is 388 g/mol. The highest BCUT2D eigenvalue weighted by molar-refractivity contribution is 5.96. The van der Waals surface area contributed by atoms with Gasteiger partial charge in [0.05, 0.1) is 19.2 Å². The Hall–Kier alpha value is -3.30. The number of aromatic nitrogens is 1. The second-order valence-electron chi connectivity index (χ2n) is 6.10. The van der Waals surface area contributed by atoms with Crippen LogP contribution in [-0.2, 0) is 20.7 Å². The molecule has 0 aliphatic rings. The van der Waals surface area contributed by atoms with Crippen LogP contribution in [0.2, 0.25) is 0 Å². The number of nitrogens with one attached hydrogen (secondary N) is 2. The average molecular weight is 409 g/mol. The molecule has 1 aromatic heterocycles. The number of anilines is 1. The molecule has 2 amide bonds. The Kier molecular flexibility index (Phi) is 7.81. The fraction of sp³-hybridized carbons (Fsp3) is 0.368. The first kappa shape index (κ1) is 22.0. The summed E-state index contributed by atoms with van der Waals surface area (Å²) >= 11 is 0. The van der Waals surface area contributed by atoms with Gasteiger partial charge in [-0.2, -0.15) is 0 Å². The highest BCUT2D eigenvalue weighted by atomic mass is 19.1. The van der Waals surface area contributed by atoms with Crippen molar-refractivity contribution in [3.05, 3.63) is 47.4 Å². The second kappa shape index (κ2) is 10.3. The number of nitrogens with zero attached hydrogens (tertiary/aromatic N) is 1. The molecule has 0 spiro atoms. The molecule has 1 aromatic carbocycles. The molecule has 2 rings (SSSR count). The summed E-state index contributed by atoms with van der Waals surface area (Å²) in [7, 11) is 0. The van der Waals surface area contributed by atoms with Crippen LogP contribution in [0.4, 0.5) is 14.8 Å². The van der Waals surface area contributed by atoms with Gasteiger partial charge >= 0.3 is 12.0 Å². The summed E-state index contributed by atoms with van der Waals surface area (Å²) < 4.78 is 36.4. The van der Waals surface area contributed by atoms with Crippen molar-refractivity contribution >= 4 is 23.8 Å². The Labute approximate surface area is 165 Å². The lowest BCUT2D eigenvalue weighted by molar-refractivity contribution is -0.126. The first-order valence-corrected chi connectivity index (χ1v) is 9.00. The smallest absolute Gasteiger partial charge is 0.376 e. The molecule has 0 radical (unpaired) electrons. The van der Waals surface area contributed by atoms with Gasteiger partial charge in [0.25, 0.3) is 5.91 Å². The number of ether oxygens (including phenoxy) is 1. The molecule has 0 aliphatic carbocycles. The Bertz CT molecular complexity index is 864. The number of halogens is 2. The van der Waals surface area contributed by atoms with Crippen LogP contribution >= 0.6 is 0 Å². The number of rotatable bonds is 9. The molecule has 29 heavy (non-hydrogen) atoms. The molecule has 0 aliphatic heterocycles. The molecule has 8 nitrogen and oxygen atoms in total. The first-order chi connectivity index (χ1) is 13.8. The topological polar surface area (TPSA) is 111 Å². The van der Waals surface area contributed by atoms with Crippen molar-refractivity contribution in [3.63, 3.8) is 0 Å². The van der Waals surface area contributed by atoms with Crippen LogP contribution in [0.15, 0.2) is 28.8 Å². The van der Waals surface area contributed by atoms with E-state index in [1.54, 1.807) is 6.92 Å². The van der Waals surface area contributed by atoms with E-state index < -0.39 is 35.5 Å². The lowest BCUT2D eigenvalue weighted by atomic mass is 10.1.